The second-order valence-electron chi connectivity index (χ2n) is 4.59. The van der Waals surface area contributed by atoms with Gasteiger partial charge in [-0.2, -0.15) is 0 Å². The molecular weight excluding hydrogens is 204 g/mol. The van der Waals surface area contributed by atoms with Crippen LogP contribution in [0.2, 0.25) is 0 Å². The number of rotatable bonds is 2. The third kappa shape index (κ3) is 2.28. The summed E-state index contributed by atoms with van der Waals surface area (Å²) in [5.74, 6) is 0.184. The minimum absolute atomic E-state index is 0.184. The van der Waals surface area contributed by atoms with Gasteiger partial charge in [0, 0.05) is 45.0 Å². The normalized spacial score (nSPS) is 21.5. The minimum Gasteiger partial charge on any atom is -0.381 e. The summed E-state index contributed by atoms with van der Waals surface area (Å²) >= 11 is 0. The van der Waals surface area contributed by atoms with Gasteiger partial charge in [0.2, 0.25) is 5.91 Å². The van der Waals surface area contributed by atoms with E-state index in [1.807, 2.05) is 18.9 Å². The van der Waals surface area contributed by atoms with E-state index in [0.717, 1.165) is 44.7 Å². The van der Waals surface area contributed by atoms with Crippen LogP contribution >= 0.6 is 0 Å². The van der Waals surface area contributed by atoms with Crippen LogP contribution in [-0.4, -0.2) is 50.2 Å². The third-order valence-electron chi connectivity index (χ3n) is 3.59. The lowest BCUT2D eigenvalue weighted by molar-refractivity contribution is -0.129. The largest absolute Gasteiger partial charge is 0.381 e. The zero-order chi connectivity index (χ0) is 11.5. The van der Waals surface area contributed by atoms with Gasteiger partial charge < -0.3 is 15.0 Å². The van der Waals surface area contributed by atoms with Gasteiger partial charge in [-0.05, 0) is 25.3 Å². The van der Waals surface area contributed by atoms with Gasteiger partial charge in [-0.15, -0.1) is 0 Å². The van der Waals surface area contributed by atoms with Crippen LogP contribution in [0.3, 0.4) is 0 Å². The summed E-state index contributed by atoms with van der Waals surface area (Å²) < 4.78 is 5.31. The number of hydrogen-bond acceptors (Lipinski definition) is 3. The lowest BCUT2D eigenvalue weighted by atomic mass is 10.0. The first-order chi connectivity index (χ1) is 7.70. The average Bonchev–Trinajstić information content (AvgIpc) is 2.26. The molecule has 2 aliphatic rings. The highest BCUT2D eigenvalue weighted by molar-refractivity contribution is 5.94. The number of nitrogens with one attached hydrogen (secondary N) is 1. The number of carbonyl (C=O) groups excluding carboxylic acids is 1. The highest BCUT2D eigenvalue weighted by Crippen LogP contribution is 2.17. The molecule has 0 unspecified atom stereocenters. The predicted octanol–water partition coefficient (Wildman–Crippen LogP) is 0.544. The molecule has 16 heavy (non-hydrogen) atoms. The Morgan fingerprint density at radius 1 is 1.38 bits per heavy atom. The van der Waals surface area contributed by atoms with Crippen molar-refractivity contribution < 1.29 is 9.53 Å². The number of ether oxygens (including phenoxy) is 1. The van der Waals surface area contributed by atoms with Crippen molar-refractivity contribution in [2.24, 2.45) is 0 Å². The highest BCUT2D eigenvalue weighted by Gasteiger charge is 2.25. The lowest BCUT2D eigenvalue weighted by Crippen LogP contribution is -2.43. The monoisotopic (exact) mass is 224 g/mol. The van der Waals surface area contributed by atoms with Gasteiger partial charge in [-0.3, -0.25) is 4.79 Å². The van der Waals surface area contributed by atoms with Gasteiger partial charge >= 0.3 is 0 Å². The molecular formula is C12H20N2O2. The molecule has 2 aliphatic heterocycles. The molecule has 0 aromatic carbocycles. The van der Waals surface area contributed by atoms with Crippen molar-refractivity contribution in [3.8, 4) is 0 Å². The molecule has 4 heteroatoms. The maximum atomic E-state index is 12.2. The van der Waals surface area contributed by atoms with Gasteiger partial charge in [0.1, 0.15) is 0 Å². The molecule has 0 spiro atoms. The standard InChI is InChI=1S/C12H20N2O2/c1-9(10-7-13-8-10)12(15)14(2)11-3-5-16-6-4-11/h11,13H,3-8H2,1-2H3. The Morgan fingerprint density at radius 3 is 2.50 bits per heavy atom. The van der Waals surface area contributed by atoms with Crippen molar-refractivity contribution in [1.29, 1.82) is 0 Å². The van der Waals surface area contributed by atoms with Gasteiger partial charge in [0.25, 0.3) is 0 Å². The molecule has 1 amide bonds. The van der Waals surface area contributed by atoms with Gasteiger partial charge in [0.05, 0.1) is 0 Å². The molecule has 0 atom stereocenters. The van der Waals surface area contributed by atoms with Crippen LogP contribution in [0.1, 0.15) is 19.8 Å². The zero-order valence-corrected chi connectivity index (χ0v) is 10.1. The smallest absolute Gasteiger partial charge is 0.249 e. The molecule has 2 heterocycles. The minimum atomic E-state index is 0.184. The molecule has 0 bridgehead atoms. The maximum absolute atomic E-state index is 12.2. The fourth-order valence-electron chi connectivity index (χ4n) is 2.17. The Bertz CT molecular complexity index is 300. The van der Waals surface area contributed by atoms with Crippen molar-refractivity contribution in [3.63, 3.8) is 0 Å². The van der Waals surface area contributed by atoms with Crippen molar-refractivity contribution >= 4 is 5.91 Å². The number of nitrogens with zero attached hydrogens (tertiary/aromatic N) is 1. The molecule has 0 aromatic heterocycles. The quantitative estimate of drug-likeness (QED) is 0.696. The number of likely N-dealkylation sites (N-methyl/N-ethyl adjacent to an activating group) is 1. The Morgan fingerprint density at radius 2 is 2.00 bits per heavy atom. The van der Waals surface area contributed by atoms with E-state index >= 15 is 0 Å². The first-order valence-electron chi connectivity index (χ1n) is 5.94. The first-order valence-corrected chi connectivity index (χ1v) is 5.94. The van der Waals surface area contributed by atoms with E-state index in [9.17, 15) is 4.79 Å². The fourth-order valence-corrected chi connectivity index (χ4v) is 2.17. The van der Waals surface area contributed by atoms with Crippen molar-refractivity contribution in [2.75, 3.05) is 33.4 Å². The van der Waals surface area contributed by atoms with Crippen LogP contribution in [0, 0.1) is 0 Å². The fraction of sp³-hybridized carbons (Fsp3) is 0.750. The van der Waals surface area contributed by atoms with Crippen molar-refractivity contribution in [2.45, 2.75) is 25.8 Å². The van der Waals surface area contributed by atoms with Crippen LogP contribution in [0.5, 0.6) is 0 Å². The molecule has 2 saturated heterocycles. The summed E-state index contributed by atoms with van der Waals surface area (Å²) in [5.41, 5.74) is 2.18. The highest BCUT2D eigenvalue weighted by atomic mass is 16.5. The SMILES string of the molecule is CC(C(=O)N(C)C1CCOCC1)=C1CNC1. The molecule has 0 aliphatic carbocycles. The van der Waals surface area contributed by atoms with Crippen LogP contribution in [0.15, 0.2) is 11.1 Å². The molecule has 1 N–H and O–H groups in total. The predicted molar refractivity (Wildman–Crippen MR) is 62.2 cm³/mol. The third-order valence-corrected chi connectivity index (χ3v) is 3.59. The van der Waals surface area contributed by atoms with E-state index in [-0.39, 0.29) is 5.91 Å². The maximum Gasteiger partial charge on any atom is 0.249 e. The second kappa shape index (κ2) is 4.97. The molecule has 2 rings (SSSR count). The average molecular weight is 224 g/mol. The molecule has 90 valence electrons. The number of carbonyl (C=O) groups is 1. The summed E-state index contributed by atoms with van der Waals surface area (Å²) in [6.45, 7) is 5.24. The van der Waals surface area contributed by atoms with Gasteiger partial charge in [0.15, 0.2) is 0 Å². The Balaban J connectivity index is 1.97. The molecule has 4 nitrogen and oxygen atoms in total. The van der Waals surface area contributed by atoms with E-state index in [4.69, 9.17) is 4.74 Å². The van der Waals surface area contributed by atoms with Crippen molar-refractivity contribution in [3.05, 3.63) is 11.1 Å². The second-order valence-corrected chi connectivity index (χ2v) is 4.59. The van der Waals surface area contributed by atoms with E-state index in [1.54, 1.807) is 0 Å². The summed E-state index contributed by atoms with van der Waals surface area (Å²) in [6.07, 6.45) is 1.92. The van der Waals surface area contributed by atoms with E-state index in [0.29, 0.717) is 6.04 Å². The van der Waals surface area contributed by atoms with Gasteiger partial charge in [-0.1, -0.05) is 0 Å². The van der Waals surface area contributed by atoms with Crippen LogP contribution in [0.4, 0.5) is 0 Å². The molecule has 2 fully saturated rings. The van der Waals surface area contributed by atoms with Crippen LogP contribution in [0.25, 0.3) is 0 Å². The Kier molecular flexibility index (Phi) is 3.61. The van der Waals surface area contributed by atoms with E-state index in [1.165, 1.54) is 5.57 Å². The summed E-state index contributed by atoms with van der Waals surface area (Å²) in [6, 6.07) is 0.352. The first kappa shape index (κ1) is 11.6. The van der Waals surface area contributed by atoms with Crippen LogP contribution in [-0.2, 0) is 9.53 Å². The molecule has 0 radical (unpaired) electrons. The number of amides is 1. The Labute approximate surface area is 96.6 Å². The van der Waals surface area contributed by atoms with E-state index in [2.05, 4.69) is 5.32 Å². The summed E-state index contributed by atoms with van der Waals surface area (Å²) in [5, 5.41) is 3.17. The molecule has 0 saturated carbocycles. The van der Waals surface area contributed by atoms with E-state index < -0.39 is 0 Å². The van der Waals surface area contributed by atoms with Crippen LogP contribution < -0.4 is 5.32 Å². The van der Waals surface area contributed by atoms with Gasteiger partial charge in [-0.25, -0.2) is 0 Å². The zero-order valence-electron chi connectivity index (χ0n) is 10.1. The Hall–Kier alpha value is -0.870. The summed E-state index contributed by atoms with van der Waals surface area (Å²) in [7, 11) is 1.91. The lowest BCUT2D eigenvalue weighted by Gasteiger charge is -2.32. The summed E-state index contributed by atoms with van der Waals surface area (Å²) in [4.78, 5) is 14.1. The number of hydrogen-bond donors (Lipinski definition) is 1. The van der Waals surface area contributed by atoms with Crippen molar-refractivity contribution in [1.82, 2.24) is 10.2 Å². The molecule has 0 aromatic rings. The topological polar surface area (TPSA) is 41.6 Å².